The summed E-state index contributed by atoms with van der Waals surface area (Å²) in [5.74, 6) is 0.870. The van der Waals surface area contributed by atoms with E-state index >= 15 is 0 Å². The van der Waals surface area contributed by atoms with Crippen molar-refractivity contribution in [3.05, 3.63) is 65.7 Å². The molecule has 3 aromatic heterocycles. The van der Waals surface area contributed by atoms with Crippen molar-refractivity contribution >= 4 is 41.2 Å². The Morgan fingerprint density at radius 1 is 1.24 bits per heavy atom. The summed E-state index contributed by atoms with van der Waals surface area (Å²) in [6.45, 7) is 11.1. The summed E-state index contributed by atoms with van der Waals surface area (Å²) in [7, 11) is 1.82. The number of carbonyl (C=O) groups excluding carboxylic acids is 1. The lowest BCUT2D eigenvalue weighted by molar-refractivity contribution is -0.117. The second-order valence-electron chi connectivity index (χ2n) is 9.97. The molecule has 1 atom stereocenters. The number of likely N-dealkylation sites (tertiary alicyclic amines) is 1. The molecule has 1 amide bonds. The van der Waals surface area contributed by atoms with E-state index in [9.17, 15) is 9.28 Å². The number of anilines is 3. The zero-order valence-corrected chi connectivity index (χ0v) is 24.0. The number of nitrogens with zero attached hydrogens (tertiary/aromatic N) is 8. The number of carbonyl (C=O) groups is 1. The second kappa shape index (κ2) is 13.8. The number of aromatic amines is 1. The minimum atomic E-state index is 0.0260. The van der Waals surface area contributed by atoms with Gasteiger partial charge in [-0.25, -0.2) is 9.50 Å². The van der Waals surface area contributed by atoms with Crippen molar-refractivity contribution in [2.45, 2.75) is 46.1 Å². The first-order chi connectivity index (χ1) is 19.8. The lowest BCUT2D eigenvalue weighted by atomic mass is 10.1. The van der Waals surface area contributed by atoms with Gasteiger partial charge in [0.15, 0.2) is 11.6 Å². The Hall–Kier alpha value is -4.45. The van der Waals surface area contributed by atoms with Crippen molar-refractivity contribution in [2.24, 2.45) is 9.98 Å². The fourth-order valence-corrected chi connectivity index (χ4v) is 4.82. The van der Waals surface area contributed by atoms with Crippen molar-refractivity contribution in [2.75, 3.05) is 37.1 Å². The Kier molecular flexibility index (Phi) is 9.91. The van der Waals surface area contributed by atoms with Gasteiger partial charge in [0.25, 0.3) is 0 Å². The monoisotopic (exact) mass is 560 g/mol. The molecule has 4 heterocycles. The first-order valence-corrected chi connectivity index (χ1v) is 13.6. The molecule has 0 radical (unpaired) electrons. The van der Waals surface area contributed by atoms with Crippen LogP contribution in [0.15, 0.2) is 58.6 Å². The van der Waals surface area contributed by atoms with E-state index in [0.717, 1.165) is 42.9 Å². The van der Waals surface area contributed by atoms with Gasteiger partial charge in [-0.3, -0.25) is 19.8 Å². The molecule has 0 unspecified atom stereocenters. The summed E-state index contributed by atoms with van der Waals surface area (Å²) in [6, 6.07) is 13.3. The maximum atomic E-state index is 14.3. The van der Waals surface area contributed by atoms with Crippen LogP contribution in [0.5, 0.6) is 0 Å². The number of aryl methyl sites for hydroxylation is 3. The number of aliphatic imine (C=N–C) groups is 2. The molecule has 2 N–H and O–H groups in total. The summed E-state index contributed by atoms with van der Waals surface area (Å²) in [4.78, 5) is 27.0. The van der Waals surface area contributed by atoms with Crippen molar-refractivity contribution in [3.63, 3.8) is 0 Å². The molecule has 0 saturated carbocycles. The van der Waals surface area contributed by atoms with E-state index < -0.39 is 0 Å². The molecule has 4 aromatic rings. The van der Waals surface area contributed by atoms with Crippen LogP contribution in [0.2, 0.25) is 0 Å². The molecule has 11 nitrogen and oxygen atoms in total. The number of aromatic nitrogens is 5. The standard InChI is InChI=1S/C18H26N4O.C11H11FN6/c1-14-6-8-15(9-7-14)21-18(23)13-22-12-4-5-17(22)16(20-3)10-11-19-2;1-7-6-10(15-14-7)18(12)11-9-4-3-5-17(9)16-8(2)13-11/h6-9,17H,2,4-5,10-13H2,1,3H3,(H,21,23);3-6H,1-2H3,(H,14,15)/t17-;/m0./s1. The molecule has 5 rings (SSSR count). The van der Waals surface area contributed by atoms with Crippen molar-refractivity contribution < 1.29 is 9.28 Å². The number of H-pyrrole nitrogens is 1. The van der Waals surface area contributed by atoms with Crippen LogP contribution >= 0.6 is 0 Å². The van der Waals surface area contributed by atoms with Gasteiger partial charge in [0, 0.05) is 55.4 Å². The number of benzene rings is 1. The maximum absolute atomic E-state index is 14.3. The molecule has 1 aliphatic rings. The number of nitrogens with one attached hydrogen (secondary N) is 2. The van der Waals surface area contributed by atoms with E-state index in [1.807, 2.05) is 45.2 Å². The summed E-state index contributed by atoms with van der Waals surface area (Å²) < 4.78 is 15.9. The average Bonchev–Trinajstić information content (AvgIpc) is 3.72. The van der Waals surface area contributed by atoms with Gasteiger partial charge in [0.05, 0.1) is 6.54 Å². The molecule has 1 fully saturated rings. The van der Waals surface area contributed by atoms with Crippen LogP contribution in [0.25, 0.3) is 5.52 Å². The van der Waals surface area contributed by atoms with E-state index in [-0.39, 0.29) is 23.6 Å². The highest BCUT2D eigenvalue weighted by Crippen LogP contribution is 2.27. The predicted molar refractivity (Wildman–Crippen MR) is 161 cm³/mol. The summed E-state index contributed by atoms with van der Waals surface area (Å²) in [6.07, 6.45) is 4.72. The van der Waals surface area contributed by atoms with Crippen LogP contribution in [0.4, 0.5) is 21.8 Å². The molecule has 12 heteroatoms. The summed E-state index contributed by atoms with van der Waals surface area (Å²) in [5.41, 5.74) is 4.52. The largest absolute Gasteiger partial charge is 0.325 e. The third-order valence-electron chi connectivity index (χ3n) is 6.80. The number of rotatable bonds is 9. The van der Waals surface area contributed by atoms with Crippen LogP contribution < -0.4 is 10.4 Å². The van der Waals surface area contributed by atoms with E-state index in [4.69, 9.17) is 0 Å². The molecule has 216 valence electrons. The number of halogens is 1. The van der Waals surface area contributed by atoms with Crippen molar-refractivity contribution in [1.29, 1.82) is 0 Å². The molecule has 1 aromatic carbocycles. The Morgan fingerprint density at radius 2 is 2.02 bits per heavy atom. The van der Waals surface area contributed by atoms with Gasteiger partial charge in [0.2, 0.25) is 5.91 Å². The Labute approximate surface area is 239 Å². The van der Waals surface area contributed by atoms with Crippen molar-refractivity contribution in [1.82, 2.24) is 29.7 Å². The highest BCUT2D eigenvalue weighted by Gasteiger charge is 2.29. The zero-order valence-electron chi connectivity index (χ0n) is 24.0. The highest BCUT2D eigenvalue weighted by atomic mass is 19.2. The van der Waals surface area contributed by atoms with Crippen molar-refractivity contribution in [3.8, 4) is 0 Å². The number of amides is 1. The lowest BCUT2D eigenvalue weighted by Crippen LogP contribution is -2.41. The Balaban J connectivity index is 0.000000194. The Morgan fingerprint density at radius 3 is 2.71 bits per heavy atom. The molecule has 0 aliphatic carbocycles. The number of fused-ring (bicyclic) bond motifs is 1. The number of hydrogen-bond donors (Lipinski definition) is 2. The number of hydrogen-bond acceptors (Lipinski definition) is 8. The maximum Gasteiger partial charge on any atom is 0.238 e. The Bertz CT molecular complexity index is 1490. The van der Waals surface area contributed by atoms with E-state index in [2.05, 4.69) is 47.2 Å². The fraction of sp³-hybridized carbons (Fsp3) is 0.379. The van der Waals surface area contributed by atoms with Gasteiger partial charge >= 0.3 is 0 Å². The molecule has 0 spiro atoms. The zero-order chi connectivity index (χ0) is 29.4. The smallest absolute Gasteiger partial charge is 0.238 e. The SMILES string of the molecule is C=NCCC(=NC)[C@@H]1CCCN1CC(=O)Nc1ccc(C)cc1.Cc1nc(N(F)c2cc(C)[nH]n2)c2cccn2n1. The van der Waals surface area contributed by atoms with E-state index in [1.165, 1.54) is 5.56 Å². The first kappa shape index (κ1) is 29.5. The summed E-state index contributed by atoms with van der Waals surface area (Å²) >= 11 is 0. The lowest BCUT2D eigenvalue weighted by Gasteiger charge is -2.25. The molecule has 1 saturated heterocycles. The summed E-state index contributed by atoms with van der Waals surface area (Å²) in [5, 5.41) is 14.1. The quantitative estimate of drug-likeness (QED) is 0.227. The normalized spacial score (nSPS) is 15.4. The van der Waals surface area contributed by atoms with Crippen LogP contribution in [0, 0.1) is 20.8 Å². The molecule has 0 bridgehead atoms. The van der Waals surface area contributed by atoms with E-state index in [0.29, 0.717) is 29.6 Å². The van der Waals surface area contributed by atoms with Gasteiger partial charge in [-0.2, -0.15) is 10.2 Å². The minimum absolute atomic E-state index is 0.0260. The van der Waals surface area contributed by atoms with Crippen LogP contribution in [0.3, 0.4) is 0 Å². The fourth-order valence-electron chi connectivity index (χ4n) is 4.82. The third kappa shape index (κ3) is 7.60. The van der Waals surface area contributed by atoms with Gasteiger partial charge in [-0.1, -0.05) is 22.2 Å². The highest BCUT2D eigenvalue weighted by molar-refractivity contribution is 5.94. The molecule has 1 aliphatic heterocycles. The molecular weight excluding hydrogens is 523 g/mol. The predicted octanol–water partition coefficient (Wildman–Crippen LogP) is 4.65. The van der Waals surface area contributed by atoms with Crippen LogP contribution in [-0.2, 0) is 4.79 Å². The van der Waals surface area contributed by atoms with Gasteiger partial charge in [0.1, 0.15) is 11.3 Å². The molecule has 41 heavy (non-hydrogen) atoms. The van der Waals surface area contributed by atoms with Gasteiger partial charge in [-0.05, 0) is 71.1 Å². The topological polar surface area (TPSA) is 119 Å². The van der Waals surface area contributed by atoms with E-state index in [1.54, 1.807) is 35.8 Å². The second-order valence-corrected chi connectivity index (χ2v) is 9.97. The molecular formula is C29H37FN10O. The van der Waals surface area contributed by atoms with Gasteiger partial charge < -0.3 is 10.3 Å². The van der Waals surface area contributed by atoms with Crippen LogP contribution in [-0.4, -0.2) is 80.8 Å². The van der Waals surface area contributed by atoms with Crippen LogP contribution in [0.1, 0.15) is 36.3 Å². The third-order valence-corrected chi connectivity index (χ3v) is 6.80. The minimum Gasteiger partial charge on any atom is -0.325 e. The first-order valence-electron chi connectivity index (χ1n) is 13.6. The average molecular weight is 561 g/mol. The van der Waals surface area contributed by atoms with Gasteiger partial charge in [-0.15, -0.1) is 5.12 Å².